The lowest BCUT2D eigenvalue weighted by molar-refractivity contribution is 0.410. The van der Waals surface area contributed by atoms with E-state index in [-0.39, 0.29) is 4.83 Å². The first-order valence-corrected chi connectivity index (χ1v) is 8.97. The van der Waals surface area contributed by atoms with Gasteiger partial charge in [0.2, 0.25) is 0 Å². The highest BCUT2D eigenvalue weighted by Gasteiger charge is 2.19. The lowest BCUT2D eigenvalue weighted by atomic mass is 10.0. The van der Waals surface area contributed by atoms with Crippen molar-refractivity contribution in [3.8, 4) is 5.75 Å². The van der Waals surface area contributed by atoms with Crippen molar-refractivity contribution in [3.63, 3.8) is 0 Å². The van der Waals surface area contributed by atoms with Gasteiger partial charge in [0.15, 0.2) is 0 Å². The van der Waals surface area contributed by atoms with Crippen molar-refractivity contribution < 1.29 is 4.74 Å². The minimum Gasteiger partial charge on any atom is -0.496 e. The fraction of sp³-hybridized carbons (Fsp3) is 0.250. The van der Waals surface area contributed by atoms with Crippen LogP contribution in [0.4, 0.5) is 0 Å². The number of methoxy groups -OCH3 is 1. The first-order chi connectivity index (χ1) is 9.45. The number of alkyl halides is 1. The number of aryl methyl sites for hydroxylation is 2. The van der Waals surface area contributed by atoms with Crippen LogP contribution in [0.3, 0.4) is 0 Å². The molecule has 0 saturated heterocycles. The summed E-state index contributed by atoms with van der Waals surface area (Å²) in [5.41, 5.74) is 4.86. The van der Waals surface area contributed by atoms with E-state index in [0.29, 0.717) is 0 Å². The summed E-state index contributed by atoms with van der Waals surface area (Å²) in [4.78, 5) is 0.112. The molecular formula is C16H15Br2IO. The van der Waals surface area contributed by atoms with E-state index in [1.807, 2.05) is 0 Å². The van der Waals surface area contributed by atoms with E-state index in [0.717, 1.165) is 15.8 Å². The molecule has 0 saturated carbocycles. The van der Waals surface area contributed by atoms with Gasteiger partial charge in [0.05, 0.1) is 11.9 Å². The predicted molar refractivity (Wildman–Crippen MR) is 100 cm³/mol. The Hall–Kier alpha value is -0.0700. The number of hydrogen-bond donors (Lipinski definition) is 0. The first-order valence-electron chi connectivity index (χ1n) is 6.18. The van der Waals surface area contributed by atoms with E-state index in [1.54, 1.807) is 7.11 Å². The lowest BCUT2D eigenvalue weighted by Gasteiger charge is -2.18. The first kappa shape index (κ1) is 16.3. The number of rotatable bonds is 3. The van der Waals surface area contributed by atoms with Crippen LogP contribution in [0.25, 0.3) is 0 Å². The predicted octanol–water partition coefficient (Wildman–Crippen LogP) is 6.16. The summed E-state index contributed by atoms with van der Waals surface area (Å²) >= 11 is 9.83. The number of benzene rings is 2. The van der Waals surface area contributed by atoms with Gasteiger partial charge in [0.1, 0.15) is 5.75 Å². The summed E-state index contributed by atoms with van der Waals surface area (Å²) in [6.07, 6.45) is 0. The normalized spacial score (nSPS) is 12.3. The SMILES string of the molecule is COc1cc(C)c(Br)cc1C(Br)c1cccc(C)c1I. The summed E-state index contributed by atoms with van der Waals surface area (Å²) in [6.45, 7) is 4.20. The quantitative estimate of drug-likeness (QED) is 0.355. The summed E-state index contributed by atoms with van der Waals surface area (Å²) in [5, 5.41) is 0. The molecule has 0 radical (unpaired) electrons. The molecule has 1 atom stereocenters. The van der Waals surface area contributed by atoms with Crippen molar-refractivity contribution in [1.82, 2.24) is 0 Å². The van der Waals surface area contributed by atoms with Crippen LogP contribution in [0.5, 0.6) is 5.75 Å². The van der Waals surface area contributed by atoms with Crippen molar-refractivity contribution >= 4 is 54.5 Å². The second kappa shape index (κ2) is 6.79. The zero-order valence-corrected chi connectivity index (χ0v) is 16.8. The Bertz CT molecular complexity index is 641. The van der Waals surface area contributed by atoms with Crippen LogP contribution in [0.2, 0.25) is 0 Å². The van der Waals surface area contributed by atoms with Gasteiger partial charge in [-0.2, -0.15) is 0 Å². The van der Waals surface area contributed by atoms with Crippen LogP contribution in [0.15, 0.2) is 34.8 Å². The average molecular weight is 510 g/mol. The number of hydrogen-bond acceptors (Lipinski definition) is 1. The average Bonchev–Trinajstić information content (AvgIpc) is 2.43. The van der Waals surface area contributed by atoms with E-state index in [9.17, 15) is 0 Å². The monoisotopic (exact) mass is 508 g/mol. The fourth-order valence-electron chi connectivity index (χ4n) is 2.08. The smallest absolute Gasteiger partial charge is 0.123 e. The molecule has 0 aliphatic heterocycles. The van der Waals surface area contributed by atoms with Gasteiger partial charge >= 0.3 is 0 Å². The van der Waals surface area contributed by atoms with Crippen molar-refractivity contribution in [2.75, 3.05) is 7.11 Å². The van der Waals surface area contributed by atoms with E-state index >= 15 is 0 Å². The molecule has 4 heteroatoms. The van der Waals surface area contributed by atoms with Crippen LogP contribution in [-0.2, 0) is 0 Å². The van der Waals surface area contributed by atoms with Crippen LogP contribution >= 0.6 is 54.5 Å². The minimum atomic E-state index is 0.112. The maximum Gasteiger partial charge on any atom is 0.123 e. The molecule has 0 spiro atoms. The molecule has 0 heterocycles. The van der Waals surface area contributed by atoms with Gasteiger partial charge in [-0.3, -0.25) is 0 Å². The third kappa shape index (κ3) is 3.22. The van der Waals surface area contributed by atoms with Crippen LogP contribution in [0, 0.1) is 17.4 Å². The zero-order valence-electron chi connectivity index (χ0n) is 11.5. The highest BCUT2D eigenvalue weighted by Crippen LogP contribution is 2.41. The van der Waals surface area contributed by atoms with Crippen molar-refractivity contribution in [2.45, 2.75) is 18.7 Å². The largest absolute Gasteiger partial charge is 0.496 e. The number of ether oxygens (including phenoxy) is 1. The molecule has 0 fully saturated rings. The second-order valence-corrected chi connectivity index (χ2v) is 7.53. The molecule has 2 aromatic rings. The summed E-state index contributed by atoms with van der Waals surface area (Å²) in [6, 6.07) is 10.6. The third-order valence-corrected chi connectivity index (χ3v) is 6.59. The molecule has 1 nitrogen and oxygen atoms in total. The van der Waals surface area contributed by atoms with Gasteiger partial charge in [-0.05, 0) is 65.3 Å². The Labute approximate surface area is 150 Å². The Balaban J connectivity index is 2.55. The molecule has 0 aromatic heterocycles. The van der Waals surface area contributed by atoms with Gasteiger partial charge < -0.3 is 4.74 Å². The molecule has 0 N–H and O–H groups in total. The maximum atomic E-state index is 5.54. The maximum absolute atomic E-state index is 5.54. The summed E-state index contributed by atoms with van der Waals surface area (Å²) in [7, 11) is 1.72. The Morgan fingerprint density at radius 2 is 1.80 bits per heavy atom. The van der Waals surface area contributed by atoms with Crippen molar-refractivity contribution in [1.29, 1.82) is 0 Å². The molecule has 0 amide bonds. The molecule has 2 rings (SSSR count). The molecule has 2 aromatic carbocycles. The Morgan fingerprint density at radius 3 is 2.45 bits per heavy atom. The molecule has 0 aliphatic carbocycles. The minimum absolute atomic E-state index is 0.112. The van der Waals surface area contributed by atoms with E-state index in [1.165, 1.54) is 20.3 Å². The molecule has 0 aliphatic rings. The molecular weight excluding hydrogens is 495 g/mol. The van der Waals surface area contributed by atoms with Crippen molar-refractivity contribution in [3.05, 3.63) is 60.6 Å². The van der Waals surface area contributed by atoms with E-state index in [4.69, 9.17) is 4.74 Å². The van der Waals surface area contributed by atoms with E-state index in [2.05, 4.69) is 98.6 Å². The summed E-state index contributed by atoms with van der Waals surface area (Å²) < 4.78 is 7.92. The second-order valence-electron chi connectivity index (χ2n) is 4.68. The van der Waals surface area contributed by atoms with Gasteiger partial charge in [-0.1, -0.05) is 50.1 Å². The highest BCUT2D eigenvalue weighted by atomic mass is 127. The third-order valence-electron chi connectivity index (χ3n) is 3.28. The van der Waals surface area contributed by atoms with Gasteiger partial charge in [0.25, 0.3) is 0 Å². The summed E-state index contributed by atoms with van der Waals surface area (Å²) in [5.74, 6) is 0.907. The number of halogens is 3. The Morgan fingerprint density at radius 1 is 1.10 bits per heavy atom. The van der Waals surface area contributed by atoms with E-state index < -0.39 is 0 Å². The topological polar surface area (TPSA) is 9.23 Å². The molecule has 0 bridgehead atoms. The van der Waals surface area contributed by atoms with Crippen molar-refractivity contribution in [2.24, 2.45) is 0 Å². The van der Waals surface area contributed by atoms with Gasteiger partial charge in [-0.25, -0.2) is 0 Å². The van der Waals surface area contributed by atoms with Crippen LogP contribution in [-0.4, -0.2) is 7.11 Å². The zero-order chi connectivity index (χ0) is 14.9. The van der Waals surface area contributed by atoms with Crippen LogP contribution in [0.1, 0.15) is 27.1 Å². The van der Waals surface area contributed by atoms with Crippen LogP contribution < -0.4 is 4.74 Å². The Kier molecular flexibility index (Phi) is 5.54. The molecule has 20 heavy (non-hydrogen) atoms. The van der Waals surface area contributed by atoms with Gasteiger partial charge in [-0.15, -0.1) is 0 Å². The fourth-order valence-corrected chi connectivity index (χ4v) is 4.28. The lowest BCUT2D eigenvalue weighted by Crippen LogP contribution is -2.01. The molecule has 106 valence electrons. The highest BCUT2D eigenvalue weighted by molar-refractivity contribution is 14.1. The standard InChI is InChI=1S/C16H15Br2IO/c1-9-5-4-6-11(16(9)19)15(18)12-8-13(17)10(2)7-14(12)20-3/h4-8,15H,1-3H3. The molecule has 1 unspecified atom stereocenters. The van der Waals surface area contributed by atoms with Gasteiger partial charge in [0, 0.05) is 13.6 Å².